The molecule has 1 unspecified atom stereocenters. The standard InChI is InChI=1S/C16H23N3O3/c1-16(2,3)22-15(21)19-10-4-5-12(11-19)14(20)18-13-6-8-17-9-7-13/h6-9,12H,4-5,10-11H2,1-3H3,(H,17,18,20). The Morgan fingerprint density at radius 3 is 2.64 bits per heavy atom. The van der Waals surface area contributed by atoms with E-state index in [0.717, 1.165) is 18.5 Å². The van der Waals surface area contributed by atoms with E-state index in [1.54, 1.807) is 29.4 Å². The van der Waals surface area contributed by atoms with Crippen LogP contribution in [-0.4, -0.2) is 40.6 Å². The lowest BCUT2D eigenvalue weighted by atomic mass is 9.97. The first-order chi connectivity index (χ1) is 10.3. The van der Waals surface area contributed by atoms with Crippen LogP contribution in [0.15, 0.2) is 24.5 Å². The Kier molecular flexibility index (Phi) is 5.00. The van der Waals surface area contributed by atoms with E-state index >= 15 is 0 Å². The summed E-state index contributed by atoms with van der Waals surface area (Å²) in [7, 11) is 0. The van der Waals surface area contributed by atoms with Gasteiger partial charge in [-0.15, -0.1) is 0 Å². The number of carbonyl (C=O) groups is 2. The van der Waals surface area contributed by atoms with Crippen molar-refractivity contribution in [1.29, 1.82) is 0 Å². The molecule has 1 saturated heterocycles. The van der Waals surface area contributed by atoms with Gasteiger partial charge in [-0.25, -0.2) is 4.79 Å². The highest BCUT2D eigenvalue weighted by atomic mass is 16.6. The smallest absolute Gasteiger partial charge is 0.410 e. The SMILES string of the molecule is CC(C)(C)OC(=O)N1CCCC(C(=O)Nc2ccncc2)C1. The molecule has 2 rings (SSSR count). The van der Waals surface area contributed by atoms with Crippen molar-refractivity contribution < 1.29 is 14.3 Å². The van der Waals surface area contributed by atoms with Gasteiger partial charge in [-0.2, -0.15) is 0 Å². The van der Waals surface area contributed by atoms with E-state index in [1.807, 2.05) is 20.8 Å². The summed E-state index contributed by atoms with van der Waals surface area (Å²) in [5.74, 6) is -0.283. The fraction of sp³-hybridized carbons (Fsp3) is 0.562. The summed E-state index contributed by atoms with van der Waals surface area (Å²) in [6.45, 7) is 6.53. The maximum absolute atomic E-state index is 12.3. The van der Waals surface area contributed by atoms with E-state index < -0.39 is 5.60 Å². The highest BCUT2D eigenvalue weighted by Crippen LogP contribution is 2.20. The average Bonchev–Trinajstić information content (AvgIpc) is 2.46. The summed E-state index contributed by atoms with van der Waals surface area (Å²) in [5.41, 5.74) is 0.193. The molecule has 1 N–H and O–H groups in total. The molecule has 1 fully saturated rings. The predicted molar refractivity (Wildman–Crippen MR) is 83.4 cm³/mol. The number of rotatable bonds is 2. The Hall–Kier alpha value is -2.11. The fourth-order valence-corrected chi connectivity index (χ4v) is 2.36. The Labute approximate surface area is 130 Å². The minimum absolute atomic E-state index is 0.0699. The molecule has 1 aliphatic heterocycles. The van der Waals surface area contributed by atoms with Crippen LogP contribution in [0.5, 0.6) is 0 Å². The summed E-state index contributed by atoms with van der Waals surface area (Å²) in [4.78, 5) is 29.9. The molecule has 0 aromatic carbocycles. The van der Waals surface area contributed by atoms with Gasteiger partial charge in [-0.1, -0.05) is 0 Å². The second-order valence-electron chi connectivity index (χ2n) is 6.49. The molecule has 120 valence electrons. The molecule has 0 bridgehead atoms. The molecule has 0 aliphatic carbocycles. The Bertz CT molecular complexity index is 525. The number of nitrogens with one attached hydrogen (secondary N) is 1. The molecule has 0 spiro atoms. The van der Waals surface area contributed by atoms with Gasteiger partial charge in [0.05, 0.1) is 5.92 Å². The minimum atomic E-state index is -0.524. The van der Waals surface area contributed by atoms with Gasteiger partial charge in [0.2, 0.25) is 5.91 Å². The van der Waals surface area contributed by atoms with Gasteiger partial charge >= 0.3 is 6.09 Å². The van der Waals surface area contributed by atoms with Crippen LogP contribution in [0.25, 0.3) is 0 Å². The zero-order valence-electron chi connectivity index (χ0n) is 13.3. The molecule has 6 nitrogen and oxygen atoms in total. The molecule has 1 aliphatic rings. The lowest BCUT2D eigenvalue weighted by Gasteiger charge is -2.33. The second kappa shape index (κ2) is 6.77. The van der Waals surface area contributed by atoms with Crippen molar-refractivity contribution in [2.75, 3.05) is 18.4 Å². The maximum Gasteiger partial charge on any atom is 0.410 e. The van der Waals surface area contributed by atoms with Crippen molar-refractivity contribution in [3.8, 4) is 0 Å². The van der Waals surface area contributed by atoms with Crippen molar-refractivity contribution in [2.45, 2.75) is 39.2 Å². The van der Waals surface area contributed by atoms with Gasteiger partial charge in [0.1, 0.15) is 5.60 Å². The van der Waals surface area contributed by atoms with Gasteiger partial charge in [0.15, 0.2) is 0 Å². The lowest BCUT2D eigenvalue weighted by molar-refractivity contribution is -0.121. The number of piperidine rings is 1. The zero-order chi connectivity index (χ0) is 16.2. The summed E-state index contributed by atoms with van der Waals surface area (Å²) in [6.07, 6.45) is 4.48. The number of hydrogen-bond donors (Lipinski definition) is 1. The number of anilines is 1. The number of carbonyl (C=O) groups excluding carboxylic acids is 2. The number of likely N-dealkylation sites (tertiary alicyclic amines) is 1. The molecule has 1 aromatic rings. The van der Waals surface area contributed by atoms with Crippen LogP contribution >= 0.6 is 0 Å². The lowest BCUT2D eigenvalue weighted by Crippen LogP contribution is -2.45. The molecule has 0 saturated carbocycles. The Morgan fingerprint density at radius 2 is 2.00 bits per heavy atom. The summed E-state index contributed by atoms with van der Waals surface area (Å²) >= 11 is 0. The summed E-state index contributed by atoms with van der Waals surface area (Å²) in [6, 6.07) is 3.48. The van der Waals surface area contributed by atoms with Gasteiger partial charge in [0.25, 0.3) is 0 Å². The third-order valence-electron chi connectivity index (χ3n) is 3.39. The van der Waals surface area contributed by atoms with Crippen LogP contribution in [0, 0.1) is 5.92 Å². The maximum atomic E-state index is 12.3. The van der Waals surface area contributed by atoms with Crippen molar-refractivity contribution in [3.63, 3.8) is 0 Å². The van der Waals surface area contributed by atoms with E-state index in [-0.39, 0.29) is 17.9 Å². The van der Waals surface area contributed by atoms with Crippen molar-refractivity contribution in [1.82, 2.24) is 9.88 Å². The molecule has 6 heteroatoms. The molecule has 0 radical (unpaired) electrons. The summed E-state index contributed by atoms with van der Waals surface area (Å²) < 4.78 is 5.37. The van der Waals surface area contributed by atoms with Gasteiger partial charge in [-0.3, -0.25) is 9.78 Å². The van der Waals surface area contributed by atoms with Crippen LogP contribution in [0.3, 0.4) is 0 Å². The highest BCUT2D eigenvalue weighted by Gasteiger charge is 2.30. The summed E-state index contributed by atoms with van der Waals surface area (Å²) in [5, 5.41) is 2.86. The molecular weight excluding hydrogens is 282 g/mol. The van der Waals surface area contributed by atoms with E-state index in [2.05, 4.69) is 10.3 Å². The molecular formula is C16H23N3O3. The van der Waals surface area contributed by atoms with Crippen LogP contribution in [0.4, 0.5) is 10.5 Å². The number of hydrogen-bond acceptors (Lipinski definition) is 4. The zero-order valence-corrected chi connectivity index (χ0v) is 13.3. The van der Waals surface area contributed by atoms with E-state index in [4.69, 9.17) is 4.74 Å². The van der Waals surface area contributed by atoms with Crippen LogP contribution in [0.1, 0.15) is 33.6 Å². The molecule has 1 aromatic heterocycles. The largest absolute Gasteiger partial charge is 0.444 e. The van der Waals surface area contributed by atoms with Crippen molar-refractivity contribution in [2.24, 2.45) is 5.92 Å². The average molecular weight is 305 g/mol. The number of ether oxygens (including phenoxy) is 1. The Balaban J connectivity index is 1.92. The van der Waals surface area contributed by atoms with Crippen LogP contribution in [-0.2, 0) is 9.53 Å². The number of pyridine rings is 1. The third kappa shape index (κ3) is 4.72. The topological polar surface area (TPSA) is 71.5 Å². The molecule has 22 heavy (non-hydrogen) atoms. The second-order valence-corrected chi connectivity index (χ2v) is 6.49. The molecule has 2 heterocycles. The van der Waals surface area contributed by atoms with Crippen LogP contribution < -0.4 is 5.32 Å². The first kappa shape index (κ1) is 16.3. The van der Waals surface area contributed by atoms with Gasteiger partial charge in [-0.05, 0) is 45.7 Å². The van der Waals surface area contributed by atoms with Gasteiger partial charge < -0.3 is 15.0 Å². The molecule has 1 atom stereocenters. The first-order valence-electron chi connectivity index (χ1n) is 7.54. The quantitative estimate of drug-likeness (QED) is 0.912. The number of amides is 2. The fourth-order valence-electron chi connectivity index (χ4n) is 2.36. The first-order valence-corrected chi connectivity index (χ1v) is 7.54. The Morgan fingerprint density at radius 1 is 1.32 bits per heavy atom. The van der Waals surface area contributed by atoms with Crippen molar-refractivity contribution >= 4 is 17.7 Å². The van der Waals surface area contributed by atoms with E-state index in [0.29, 0.717) is 13.1 Å². The monoisotopic (exact) mass is 305 g/mol. The normalized spacial score (nSPS) is 18.7. The number of nitrogens with zero attached hydrogens (tertiary/aromatic N) is 2. The van der Waals surface area contributed by atoms with E-state index in [1.165, 1.54) is 0 Å². The van der Waals surface area contributed by atoms with Crippen LogP contribution in [0.2, 0.25) is 0 Å². The number of aromatic nitrogens is 1. The minimum Gasteiger partial charge on any atom is -0.444 e. The van der Waals surface area contributed by atoms with E-state index in [9.17, 15) is 9.59 Å². The predicted octanol–water partition coefficient (Wildman–Crippen LogP) is 2.67. The van der Waals surface area contributed by atoms with Gasteiger partial charge in [0, 0.05) is 31.2 Å². The highest BCUT2D eigenvalue weighted by molar-refractivity contribution is 5.92. The molecule has 2 amide bonds. The van der Waals surface area contributed by atoms with Crippen molar-refractivity contribution in [3.05, 3.63) is 24.5 Å². The third-order valence-corrected chi connectivity index (χ3v) is 3.39.